The van der Waals surface area contributed by atoms with Crippen LogP contribution in [-0.4, -0.2) is 22.8 Å². The van der Waals surface area contributed by atoms with Crippen molar-refractivity contribution in [1.29, 1.82) is 0 Å². The molecule has 0 saturated carbocycles. The molecule has 0 aromatic carbocycles. The normalized spacial score (nSPS) is 13.8. The average Bonchev–Trinajstić information content (AvgIpc) is 2.54. The van der Waals surface area contributed by atoms with Crippen LogP contribution in [0.3, 0.4) is 0 Å². The summed E-state index contributed by atoms with van der Waals surface area (Å²) in [4.78, 5) is 10.5. The summed E-state index contributed by atoms with van der Waals surface area (Å²) < 4.78 is 5.09. The minimum absolute atomic E-state index is 0.0818. The van der Waals surface area contributed by atoms with Crippen molar-refractivity contribution in [1.82, 2.24) is 10.5 Å². The monoisotopic (exact) mass is 238 g/mol. The van der Waals surface area contributed by atoms with Gasteiger partial charge in [-0.15, -0.1) is 0 Å². The molecular formula is C12H18N2O3. The molecule has 0 aliphatic rings. The molecule has 0 aliphatic heterocycles. The Morgan fingerprint density at radius 2 is 2.24 bits per heavy atom. The summed E-state index contributed by atoms with van der Waals surface area (Å²) in [5.74, 6) is -0.128. The highest BCUT2D eigenvalue weighted by atomic mass is 16.5. The Bertz CT molecular complexity index is 415. The van der Waals surface area contributed by atoms with Crippen molar-refractivity contribution in [3.63, 3.8) is 0 Å². The van der Waals surface area contributed by atoms with E-state index in [-0.39, 0.29) is 6.04 Å². The van der Waals surface area contributed by atoms with Crippen molar-refractivity contribution in [2.24, 2.45) is 0 Å². The zero-order valence-electron chi connectivity index (χ0n) is 10.6. The fourth-order valence-corrected chi connectivity index (χ4v) is 1.79. The number of aryl methyl sites for hydroxylation is 2. The highest BCUT2D eigenvalue weighted by molar-refractivity contribution is 5.80. The van der Waals surface area contributed by atoms with Gasteiger partial charge in [0, 0.05) is 24.2 Å². The standard InChI is InChI=1S/C12H18N2O3/c1-7(5-11(15)16)6-13-8(2)12-9(3)14-17-10(12)4/h5,8,13H,6H2,1-4H3,(H,15,16). The lowest BCUT2D eigenvalue weighted by molar-refractivity contribution is -0.131. The minimum Gasteiger partial charge on any atom is -0.478 e. The summed E-state index contributed by atoms with van der Waals surface area (Å²) in [5.41, 5.74) is 2.67. The van der Waals surface area contributed by atoms with Crippen molar-refractivity contribution >= 4 is 5.97 Å². The first-order valence-corrected chi connectivity index (χ1v) is 5.48. The zero-order valence-corrected chi connectivity index (χ0v) is 10.6. The molecule has 0 saturated heterocycles. The molecule has 94 valence electrons. The molecular weight excluding hydrogens is 220 g/mol. The third kappa shape index (κ3) is 3.71. The van der Waals surface area contributed by atoms with Gasteiger partial charge in [0.2, 0.25) is 0 Å². The molecule has 1 rings (SSSR count). The molecule has 17 heavy (non-hydrogen) atoms. The number of hydrogen-bond acceptors (Lipinski definition) is 4. The predicted octanol–water partition coefficient (Wildman–Crippen LogP) is 1.97. The van der Waals surface area contributed by atoms with E-state index in [2.05, 4.69) is 10.5 Å². The first-order chi connectivity index (χ1) is 7.91. The van der Waals surface area contributed by atoms with Crippen molar-refractivity contribution in [3.05, 3.63) is 28.7 Å². The van der Waals surface area contributed by atoms with E-state index in [1.807, 2.05) is 20.8 Å². The van der Waals surface area contributed by atoms with Crippen molar-refractivity contribution in [2.45, 2.75) is 33.7 Å². The minimum atomic E-state index is -0.922. The van der Waals surface area contributed by atoms with E-state index in [9.17, 15) is 4.79 Å². The Kier molecular flexibility index (Phi) is 4.45. The maximum Gasteiger partial charge on any atom is 0.328 e. The second-order valence-corrected chi connectivity index (χ2v) is 4.17. The van der Waals surface area contributed by atoms with Crippen LogP contribution in [0.1, 0.15) is 36.9 Å². The quantitative estimate of drug-likeness (QED) is 0.767. The van der Waals surface area contributed by atoms with Gasteiger partial charge in [0.05, 0.1) is 5.69 Å². The van der Waals surface area contributed by atoms with E-state index < -0.39 is 5.97 Å². The van der Waals surface area contributed by atoms with Gasteiger partial charge in [-0.05, 0) is 27.7 Å². The van der Waals surface area contributed by atoms with Crippen LogP contribution < -0.4 is 5.32 Å². The highest BCUT2D eigenvalue weighted by Crippen LogP contribution is 2.20. The molecule has 1 atom stereocenters. The van der Waals surface area contributed by atoms with Gasteiger partial charge in [-0.1, -0.05) is 10.7 Å². The van der Waals surface area contributed by atoms with Crippen LogP contribution in [-0.2, 0) is 4.79 Å². The van der Waals surface area contributed by atoms with E-state index >= 15 is 0 Å². The summed E-state index contributed by atoms with van der Waals surface area (Å²) in [6.07, 6.45) is 1.20. The second-order valence-electron chi connectivity index (χ2n) is 4.17. The highest BCUT2D eigenvalue weighted by Gasteiger charge is 2.15. The predicted molar refractivity (Wildman–Crippen MR) is 63.8 cm³/mol. The first-order valence-electron chi connectivity index (χ1n) is 5.48. The molecule has 0 aliphatic carbocycles. The maximum absolute atomic E-state index is 10.5. The summed E-state index contributed by atoms with van der Waals surface area (Å²) in [6.45, 7) is 8.07. The lowest BCUT2D eigenvalue weighted by atomic mass is 10.1. The van der Waals surface area contributed by atoms with E-state index in [0.717, 1.165) is 22.6 Å². The molecule has 1 aromatic heterocycles. The Labute approximate surface area is 100 Å². The number of nitrogens with zero attached hydrogens (tertiary/aromatic N) is 1. The summed E-state index contributed by atoms with van der Waals surface area (Å²) >= 11 is 0. The molecule has 5 heteroatoms. The van der Waals surface area contributed by atoms with Crippen LogP contribution in [0.5, 0.6) is 0 Å². The molecule has 5 nitrogen and oxygen atoms in total. The van der Waals surface area contributed by atoms with Gasteiger partial charge in [0.15, 0.2) is 0 Å². The molecule has 0 fully saturated rings. The summed E-state index contributed by atoms with van der Waals surface area (Å²) in [5, 5.41) is 15.7. The third-order valence-corrected chi connectivity index (χ3v) is 2.58. The largest absolute Gasteiger partial charge is 0.478 e. The molecule has 0 bridgehead atoms. The summed E-state index contributed by atoms with van der Waals surface area (Å²) in [7, 11) is 0. The van der Waals surface area contributed by atoms with E-state index in [1.54, 1.807) is 6.92 Å². The molecule has 0 amide bonds. The lowest BCUT2D eigenvalue weighted by Gasteiger charge is -2.13. The van der Waals surface area contributed by atoms with Crippen LogP contribution in [0.2, 0.25) is 0 Å². The molecule has 0 radical (unpaired) electrons. The average molecular weight is 238 g/mol. The van der Waals surface area contributed by atoms with Gasteiger partial charge in [0.1, 0.15) is 5.76 Å². The number of hydrogen-bond donors (Lipinski definition) is 2. The van der Waals surface area contributed by atoms with Crippen molar-refractivity contribution in [3.8, 4) is 0 Å². The fourth-order valence-electron chi connectivity index (χ4n) is 1.79. The van der Waals surface area contributed by atoms with Gasteiger partial charge in [-0.3, -0.25) is 0 Å². The van der Waals surface area contributed by atoms with Crippen LogP contribution in [0.15, 0.2) is 16.2 Å². The SMILES string of the molecule is CC(=CC(=O)O)CNC(C)c1c(C)noc1C. The zero-order chi connectivity index (χ0) is 13.0. The molecule has 2 N–H and O–H groups in total. The van der Waals surface area contributed by atoms with E-state index in [1.165, 1.54) is 6.08 Å². The van der Waals surface area contributed by atoms with Crippen molar-refractivity contribution < 1.29 is 14.4 Å². The first kappa shape index (κ1) is 13.4. The number of carboxylic acids is 1. The third-order valence-electron chi connectivity index (χ3n) is 2.58. The molecule has 1 aromatic rings. The molecule has 1 unspecified atom stereocenters. The van der Waals surface area contributed by atoms with Gasteiger partial charge in [-0.25, -0.2) is 4.79 Å². The number of aromatic nitrogens is 1. The van der Waals surface area contributed by atoms with Gasteiger partial charge in [0.25, 0.3) is 0 Å². The maximum atomic E-state index is 10.5. The Morgan fingerprint density at radius 1 is 1.59 bits per heavy atom. The number of carbonyl (C=O) groups is 1. The second kappa shape index (κ2) is 5.63. The van der Waals surface area contributed by atoms with Crippen LogP contribution in [0.25, 0.3) is 0 Å². The van der Waals surface area contributed by atoms with Gasteiger partial charge < -0.3 is 14.9 Å². The smallest absolute Gasteiger partial charge is 0.328 e. The Balaban J connectivity index is 2.62. The number of aliphatic carboxylic acids is 1. The van der Waals surface area contributed by atoms with E-state index in [4.69, 9.17) is 9.63 Å². The van der Waals surface area contributed by atoms with Gasteiger partial charge >= 0.3 is 5.97 Å². The lowest BCUT2D eigenvalue weighted by Crippen LogP contribution is -2.21. The fraction of sp³-hybridized carbons (Fsp3) is 0.500. The molecule has 0 spiro atoms. The molecule has 1 heterocycles. The summed E-state index contributed by atoms with van der Waals surface area (Å²) in [6, 6.07) is 0.0818. The number of carboxylic acid groups (broad SMARTS) is 1. The van der Waals surface area contributed by atoms with Gasteiger partial charge in [-0.2, -0.15) is 0 Å². The topological polar surface area (TPSA) is 75.4 Å². The number of rotatable bonds is 5. The van der Waals surface area contributed by atoms with Crippen LogP contribution in [0, 0.1) is 13.8 Å². The Hall–Kier alpha value is -1.62. The van der Waals surface area contributed by atoms with Crippen LogP contribution in [0.4, 0.5) is 0 Å². The number of nitrogens with one attached hydrogen (secondary N) is 1. The van der Waals surface area contributed by atoms with Crippen LogP contribution >= 0.6 is 0 Å². The van der Waals surface area contributed by atoms with Crippen molar-refractivity contribution in [2.75, 3.05) is 6.54 Å². The Morgan fingerprint density at radius 3 is 2.71 bits per heavy atom. The van der Waals surface area contributed by atoms with E-state index in [0.29, 0.717) is 6.54 Å².